The van der Waals surface area contributed by atoms with Gasteiger partial charge in [0.1, 0.15) is 11.8 Å². The van der Waals surface area contributed by atoms with Crippen molar-refractivity contribution in [1.82, 2.24) is 0 Å². The fourth-order valence-corrected chi connectivity index (χ4v) is 1.43. The topological polar surface area (TPSA) is 56.0 Å². The fourth-order valence-electron chi connectivity index (χ4n) is 1.43. The van der Waals surface area contributed by atoms with Crippen LogP contribution in [0.3, 0.4) is 0 Å². The zero-order valence-electron chi connectivity index (χ0n) is 8.51. The minimum Gasteiger partial charge on any atom is -0.508 e. The second-order valence-corrected chi connectivity index (χ2v) is 3.33. The molecule has 78 valence electrons. The number of aromatic hydroxyl groups is 1. The van der Waals surface area contributed by atoms with Crippen molar-refractivity contribution >= 4 is 11.4 Å². The quantitative estimate of drug-likeness (QED) is 0.801. The lowest BCUT2D eigenvalue weighted by Gasteiger charge is -2.07. The number of phenols is 1. The Kier molecular flexibility index (Phi) is 2.75. The molecule has 0 fully saturated rings. The fraction of sp³-hybridized carbons (Fsp3) is 0. The Morgan fingerprint density at radius 1 is 1.06 bits per heavy atom. The van der Waals surface area contributed by atoms with E-state index in [4.69, 9.17) is 5.26 Å². The number of phenolic OH excluding ortho intramolecular Hbond substituents is 1. The number of nitrogens with zero attached hydrogens (tertiary/aromatic N) is 1. The molecule has 16 heavy (non-hydrogen) atoms. The zero-order chi connectivity index (χ0) is 11.4. The van der Waals surface area contributed by atoms with E-state index in [-0.39, 0.29) is 5.75 Å². The summed E-state index contributed by atoms with van der Waals surface area (Å²) in [6.45, 7) is 0. The molecule has 0 saturated heterocycles. The average molecular weight is 210 g/mol. The standard InChI is InChI=1S/C13H10N2O/c14-9-10-4-1-2-7-13(10)15-11-5-3-6-12(16)8-11/h1-8,15-16H. The van der Waals surface area contributed by atoms with Gasteiger partial charge in [0.15, 0.2) is 0 Å². The van der Waals surface area contributed by atoms with Crippen molar-refractivity contribution in [3.63, 3.8) is 0 Å². The number of nitrogens with one attached hydrogen (secondary N) is 1. The molecule has 0 unspecified atom stereocenters. The van der Waals surface area contributed by atoms with Gasteiger partial charge in [-0.05, 0) is 24.3 Å². The highest BCUT2D eigenvalue weighted by atomic mass is 16.3. The van der Waals surface area contributed by atoms with Crippen molar-refractivity contribution in [2.45, 2.75) is 0 Å². The normalized spacial score (nSPS) is 9.44. The molecule has 3 heteroatoms. The van der Waals surface area contributed by atoms with E-state index in [1.54, 1.807) is 24.3 Å². The number of rotatable bonds is 2. The summed E-state index contributed by atoms with van der Waals surface area (Å²) in [7, 11) is 0. The van der Waals surface area contributed by atoms with E-state index in [0.717, 1.165) is 11.4 Å². The first-order valence-electron chi connectivity index (χ1n) is 4.85. The zero-order valence-corrected chi connectivity index (χ0v) is 8.51. The van der Waals surface area contributed by atoms with Crippen LogP contribution in [0.15, 0.2) is 48.5 Å². The van der Waals surface area contributed by atoms with E-state index in [2.05, 4.69) is 11.4 Å². The van der Waals surface area contributed by atoms with Gasteiger partial charge in [0.05, 0.1) is 11.3 Å². The van der Waals surface area contributed by atoms with Gasteiger partial charge in [-0.2, -0.15) is 5.26 Å². The van der Waals surface area contributed by atoms with Gasteiger partial charge in [-0.15, -0.1) is 0 Å². The maximum atomic E-state index is 9.31. The Labute approximate surface area is 93.6 Å². The van der Waals surface area contributed by atoms with Gasteiger partial charge in [0.25, 0.3) is 0 Å². The number of nitriles is 1. The summed E-state index contributed by atoms with van der Waals surface area (Å²) in [6, 6.07) is 16.1. The summed E-state index contributed by atoms with van der Waals surface area (Å²) in [4.78, 5) is 0. The van der Waals surface area contributed by atoms with E-state index in [1.807, 2.05) is 24.3 Å². The predicted molar refractivity (Wildman–Crippen MR) is 62.5 cm³/mol. The SMILES string of the molecule is N#Cc1ccccc1Nc1cccc(O)c1. The summed E-state index contributed by atoms with van der Waals surface area (Å²) in [5.41, 5.74) is 2.06. The van der Waals surface area contributed by atoms with Crippen LogP contribution in [0.4, 0.5) is 11.4 Å². The Morgan fingerprint density at radius 3 is 2.62 bits per heavy atom. The van der Waals surface area contributed by atoms with Gasteiger partial charge in [-0.3, -0.25) is 0 Å². The van der Waals surface area contributed by atoms with Crippen LogP contribution in [0.25, 0.3) is 0 Å². The molecule has 0 heterocycles. The van der Waals surface area contributed by atoms with Gasteiger partial charge >= 0.3 is 0 Å². The molecule has 2 aromatic carbocycles. The smallest absolute Gasteiger partial charge is 0.117 e. The van der Waals surface area contributed by atoms with Gasteiger partial charge in [-0.25, -0.2) is 0 Å². The summed E-state index contributed by atoms with van der Waals surface area (Å²) in [6.07, 6.45) is 0. The average Bonchev–Trinajstić information content (AvgIpc) is 2.30. The molecule has 0 amide bonds. The first kappa shape index (κ1) is 10.1. The highest BCUT2D eigenvalue weighted by Crippen LogP contribution is 2.22. The molecule has 2 rings (SSSR count). The van der Waals surface area contributed by atoms with Crippen LogP contribution in [0.1, 0.15) is 5.56 Å². The maximum absolute atomic E-state index is 9.31. The number of hydrogen-bond donors (Lipinski definition) is 2. The molecule has 0 saturated carbocycles. The maximum Gasteiger partial charge on any atom is 0.117 e. The highest BCUT2D eigenvalue weighted by molar-refractivity contribution is 5.67. The number of benzene rings is 2. The van der Waals surface area contributed by atoms with E-state index in [1.165, 1.54) is 0 Å². The molecule has 3 nitrogen and oxygen atoms in total. The molecule has 0 aromatic heterocycles. The van der Waals surface area contributed by atoms with Crippen molar-refractivity contribution in [3.8, 4) is 11.8 Å². The van der Waals surface area contributed by atoms with Gasteiger partial charge < -0.3 is 10.4 Å². The number of para-hydroxylation sites is 1. The van der Waals surface area contributed by atoms with Crippen molar-refractivity contribution in [2.24, 2.45) is 0 Å². The van der Waals surface area contributed by atoms with E-state index >= 15 is 0 Å². The lowest BCUT2D eigenvalue weighted by molar-refractivity contribution is 0.475. The molecular formula is C13H10N2O. The Morgan fingerprint density at radius 2 is 1.88 bits per heavy atom. The Hall–Kier alpha value is -2.47. The van der Waals surface area contributed by atoms with Crippen LogP contribution in [0, 0.1) is 11.3 Å². The predicted octanol–water partition coefficient (Wildman–Crippen LogP) is 3.01. The van der Waals surface area contributed by atoms with Crippen molar-refractivity contribution in [2.75, 3.05) is 5.32 Å². The first-order valence-corrected chi connectivity index (χ1v) is 4.85. The molecule has 0 aliphatic heterocycles. The minimum atomic E-state index is 0.194. The van der Waals surface area contributed by atoms with Crippen LogP contribution in [0.2, 0.25) is 0 Å². The Balaban J connectivity index is 2.31. The lowest BCUT2D eigenvalue weighted by Crippen LogP contribution is -1.92. The molecule has 0 radical (unpaired) electrons. The molecule has 0 aliphatic rings. The number of hydrogen-bond acceptors (Lipinski definition) is 3. The summed E-state index contributed by atoms with van der Waals surface area (Å²) >= 11 is 0. The van der Waals surface area contributed by atoms with E-state index in [9.17, 15) is 5.11 Å². The lowest BCUT2D eigenvalue weighted by atomic mass is 10.2. The van der Waals surface area contributed by atoms with Crippen LogP contribution < -0.4 is 5.32 Å². The third-order valence-corrected chi connectivity index (χ3v) is 2.17. The minimum absolute atomic E-state index is 0.194. The van der Waals surface area contributed by atoms with Crippen molar-refractivity contribution < 1.29 is 5.11 Å². The summed E-state index contributed by atoms with van der Waals surface area (Å²) in [5, 5.41) is 21.3. The second kappa shape index (κ2) is 4.37. The van der Waals surface area contributed by atoms with Gasteiger partial charge in [0.2, 0.25) is 0 Å². The molecule has 0 bridgehead atoms. The largest absolute Gasteiger partial charge is 0.508 e. The van der Waals surface area contributed by atoms with Crippen LogP contribution >= 0.6 is 0 Å². The Bertz CT molecular complexity index is 544. The van der Waals surface area contributed by atoms with Crippen LogP contribution in [-0.2, 0) is 0 Å². The van der Waals surface area contributed by atoms with Gasteiger partial charge in [-0.1, -0.05) is 18.2 Å². The molecule has 2 aromatic rings. The molecule has 0 spiro atoms. The van der Waals surface area contributed by atoms with Gasteiger partial charge in [0, 0.05) is 11.8 Å². The molecule has 0 aliphatic carbocycles. The van der Waals surface area contributed by atoms with Crippen molar-refractivity contribution in [1.29, 1.82) is 5.26 Å². The number of anilines is 2. The van der Waals surface area contributed by atoms with E-state index < -0.39 is 0 Å². The monoisotopic (exact) mass is 210 g/mol. The summed E-state index contributed by atoms with van der Waals surface area (Å²) < 4.78 is 0. The first-order chi connectivity index (χ1) is 7.79. The van der Waals surface area contributed by atoms with E-state index in [0.29, 0.717) is 5.56 Å². The molecular weight excluding hydrogens is 200 g/mol. The highest BCUT2D eigenvalue weighted by Gasteiger charge is 2.00. The molecule has 0 atom stereocenters. The summed E-state index contributed by atoms with van der Waals surface area (Å²) in [5.74, 6) is 0.194. The van der Waals surface area contributed by atoms with Crippen LogP contribution in [-0.4, -0.2) is 5.11 Å². The second-order valence-electron chi connectivity index (χ2n) is 3.33. The molecule has 2 N–H and O–H groups in total. The third kappa shape index (κ3) is 2.12. The van der Waals surface area contributed by atoms with Crippen LogP contribution in [0.5, 0.6) is 5.75 Å². The third-order valence-electron chi connectivity index (χ3n) is 2.17. The van der Waals surface area contributed by atoms with Crippen molar-refractivity contribution in [3.05, 3.63) is 54.1 Å².